The van der Waals surface area contributed by atoms with Crippen molar-refractivity contribution in [2.24, 2.45) is 17.2 Å². The SMILES string of the molecule is NC(=O)CCC(NC(=O)C(N)CO)C(=O)NC(CCC(N)=O)C(=O)NC(Cc1cnc[nH]1)C(=O)O. The summed E-state index contributed by atoms with van der Waals surface area (Å²) in [4.78, 5) is 78.2. The number of hydrogen-bond donors (Lipinski definition) is 9. The van der Waals surface area contributed by atoms with E-state index in [0.717, 1.165) is 0 Å². The van der Waals surface area contributed by atoms with Crippen molar-refractivity contribution in [2.45, 2.75) is 56.3 Å². The molecule has 0 saturated carbocycles. The average Bonchev–Trinajstić information content (AvgIpc) is 3.30. The maximum Gasteiger partial charge on any atom is 0.326 e. The van der Waals surface area contributed by atoms with Gasteiger partial charge in [0.25, 0.3) is 0 Å². The minimum Gasteiger partial charge on any atom is -0.480 e. The molecule has 0 saturated heterocycles. The van der Waals surface area contributed by atoms with Crippen molar-refractivity contribution >= 4 is 35.5 Å². The molecule has 1 heterocycles. The van der Waals surface area contributed by atoms with E-state index in [9.17, 15) is 33.9 Å². The highest BCUT2D eigenvalue weighted by Crippen LogP contribution is 2.05. The number of H-pyrrole nitrogens is 1. The fourth-order valence-electron chi connectivity index (χ4n) is 2.83. The lowest BCUT2D eigenvalue weighted by Crippen LogP contribution is -2.57. The Morgan fingerprint density at radius 3 is 1.77 bits per heavy atom. The molecule has 4 atom stereocenters. The van der Waals surface area contributed by atoms with Crippen molar-refractivity contribution in [3.8, 4) is 0 Å². The van der Waals surface area contributed by atoms with Gasteiger partial charge in [-0.1, -0.05) is 0 Å². The molecule has 0 aliphatic rings. The third-order valence-electron chi connectivity index (χ3n) is 4.75. The summed E-state index contributed by atoms with van der Waals surface area (Å²) >= 11 is 0. The number of hydrogen-bond acceptors (Lipinski definition) is 9. The van der Waals surface area contributed by atoms with Crippen LogP contribution >= 0.6 is 0 Å². The smallest absolute Gasteiger partial charge is 0.326 e. The predicted molar refractivity (Wildman–Crippen MR) is 118 cm³/mol. The van der Waals surface area contributed by atoms with Crippen molar-refractivity contribution in [1.82, 2.24) is 25.9 Å². The maximum atomic E-state index is 12.8. The van der Waals surface area contributed by atoms with Crippen LogP contribution in [0.2, 0.25) is 0 Å². The van der Waals surface area contributed by atoms with E-state index in [-0.39, 0.29) is 32.1 Å². The zero-order valence-electron chi connectivity index (χ0n) is 18.7. The lowest BCUT2D eigenvalue weighted by atomic mass is 10.1. The molecule has 35 heavy (non-hydrogen) atoms. The Morgan fingerprint density at radius 2 is 1.37 bits per heavy atom. The Hall–Kier alpha value is -4.05. The number of carboxylic acids is 1. The highest BCUT2D eigenvalue weighted by atomic mass is 16.4. The second-order valence-corrected chi connectivity index (χ2v) is 7.60. The van der Waals surface area contributed by atoms with Gasteiger partial charge >= 0.3 is 5.97 Å². The second kappa shape index (κ2) is 14.3. The summed E-state index contributed by atoms with van der Waals surface area (Å²) in [7, 11) is 0. The first-order chi connectivity index (χ1) is 16.4. The highest BCUT2D eigenvalue weighted by Gasteiger charge is 2.30. The van der Waals surface area contributed by atoms with E-state index in [1.165, 1.54) is 12.5 Å². The van der Waals surface area contributed by atoms with Crippen LogP contribution in [0.15, 0.2) is 12.5 Å². The molecule has 16 nitrogen and oxygen atoms in total. The van der Waals surface area contributed by atoms with Gasteiger partial charge < -0.3 is 48.3 Å². The molecule has 194 valence electrons. The standard InChI is InChI=1S/C19H30N8O8/c20-10(7-28)16(31)25-11(1-3-14(21)29)17(32)26-12(2-4-15(22)30)18(33)27-13(19(34)35)5-9-6-23-8-24-9/h6,8,10-13,28H,1-5,7,20H2,(H2,21,29)(H2,22,30)(H,23,24)(H,25,31)(H,26,32)(H,27,33)(H,34,35). The summed E-state index contributed by atoms with van der Waals surface area (Å²) in [6.45, 7) is -0.716. The number of aromatic nitrogens is 2. The van der Waals surface area contributed by atoms with E-state index in [1.807, 2.05) is 0 Å². The molecule has 16 heteroatoms. The number of carboxylic acid groups (broad SMARTS) is 1. The summed E-state index contributed by atoms with van der Waals surface area (Å²) in [6.07, 6.45) is 1.38. The van der Waals surface area contributed by atoms with Crippen LogP contribution in [0.3, 0.4) is 0 Å². The Kier molecular flexibility index (Phi) is 11.8. The van der Waals surface area contributed by atoms with E-state index in [2.05, 4.69) is 25.9 Å². The van der Waals surface area contributed by atoms with Gasteiger partial charge in [-0.05, 0) is 12.8 Å². The van der Waals surface area contributed by atoms with Crippen molar-refractivity contribution in [3.63, 3.8) is 0 Å². The van der Waals surface area contributed by atoms with Crippen molar-refractivity contribution in [2.75, 3.05) is 6.61 Å². The van der Waals surface area contributed by atoms with Gasteiger partial charge in [0.1, 0.15) is 24.2 Å². The van der Waals surface area contributed by atoms with Crippen molar-refractivity contribution in [3.05, 3.63) is 18.2 Å². The fourth-order valence-corrected chi connectivity index (χ4v) is 2.83. The van der Waals surface area contributed by atoms with Gasteiger partial charge in [-0.25, -0.2) is 9.78 Å². The van der Waals surface area contributed by atoms with E-state index in [4.69, 9.17) is 22.3 Å². The largest absolute Gasteiger partial charge is 0.480 e. The van der Waals surface area contributed by atoms with E-state index in [1.54, 1.807) is 0 Å². The topological polar surface area (TPSA) is 286 Å². The fraction of sp³-hybridized carbons (Fsp3) is 0.526. The summed E-state index contributed by atoms with van der Waals surface area (Å²) in [5.41, 5.74) is 16.1. The summed E-state index contributed by atoms with van der Waals surface area (Å²) in [5, 5.41) is 25.3. The number of rotatable bonds is 16. The number of primary amides is 2. The van der Waals surface area contributed by atoms with Crippen LogP contribution in [0.4, 0.5) is 0 Å². The number of nitrogens with one attached hydrogen (secondary N) is 4. The average molecular weight is 498 g/mol. The Bertz CT molecular complexity index is 907. The number of carbonyl (C=O) groups is 6. The molecule has 1 rings (SSSR count). The third kappa shape index (κ3) is 10.6. The first kappa shape index (κ1) is 29.0. The van der Waals surface area contributed by atoms with Crippen LogP contribution in [0.1, 0.15) is 31.4 Å². The van der Waals surface area contributed by atoms with Gasteiger partial charge in [-0.2, -0.15) is 0 Å². The molecular formula is C19H30N8O8. The lowest BCUT2D eigenvalue weighted by Gasteiger charge is -2.24. The van der Waals surface area contributed by atoms with Crippen molar-refractivity contribution in [1.29, 1.82) is 0 Å². The van der Waals surface area contributed by atoms with Gasteiger partial charge in [0.15, 0.2) is 0 Å². The Labute approximate surface area is 199 Å². The first-order valence-corrected chi connectivity index (χ1v) is 10.5. The molecule has 0 radical (unpaired) electrons. The molecule has 12 N–H and O–H groups in total. The van der Waals surface area contributed by atoms with Gasteiger partial charge in [0, 0.05) is 31.2 Å². The molecule has 0 aromatic carbocycles. The number of nitrogens with zero attached hydrogens (tertiary/aromatic N) is 1. The maximum absolute atomic E-state index is 12.8. The van der Waals surface area contributed by atoms with Gasteiger partial charge in [-0.3, -0.25) is 24.0 Å². The third-order valence-corrected chi connectivity index (χ3v) is 4.75. The molecule has 4 unspecified atom stereocenters. The van der Waals surface area contributed by atoms with Gasteiger partial charge in [0.2, 0.25) is 29.5 Å². The Balaban J connectivity index is 3.02. The normalized spacial score (nSPS) is 14.1. The second-order valence-electron chi connectivity index (χ2n) is 7.60. The first-order valence-electron chi connectivity index (χ1n) is 10.5. The van der Waals surface area contributed by atoms with Crippen LogP contribution in [0.25, 0.3) is 0 Å². The lowest BCUT2D eigenvalue weighted by molar-refractivity contribution is -0.142. The van der Waals surface area contributed by atoms with Crippen LogP contribution in [-0.4, -0.2) is 86.5 Å². The van der Waals surface area contributed by atoms with E-state index >= 15 is 0 Å². The molecule has 0 bridgehead atoms. The minimum absolute atomic E-state index is 0.145. The number of carbonyl (C=O) groups excluding carboxylic acids is 5. The summed E-state index contributed by atoms with van der Waals surface area (Å²) < 4.78 is 0. The molecule has 1 aromatic heterocycles. The number of aliphatic hydroxyl groups excluding tert-OH is 1. The number of amides is 5. The van der Waals surface area contributed by atoms with Gasteiger partial charge in [0.05, 0.1) is 12.9 Å². The minimum atomic E-state index is -1.42. The van der Waals surface area contributed by atoms with Crippen LogP contribution < -0.4 is 33.2 Å². The molecule has 0 fully saturated rings. The van der Waals surface area contributed by atoms with E-state index < -0.39 is 66.3 Å². The summed E-state index contributed by atoms with van der Waals surface area (Å²) in [5.74, 6) is -5.68. The van der Waals surface area contributed by atoms with Crippen LogP contribution in [0.5, 0.6) is 0 Å². The predicted octanol–water partition coefficient (Wildman–Crippen LogP) is -4.66. The number of aliphatic carboxylic acids is 1. The van der Waals surface area contributed by atoms with Crippen molar-refractivity contribution < 1.29 is 39.0 Å². The molecule has 0 aliphatic carbocycles. The van der Waals surface area contributed by atoms with Crippen LogP contribution in [-0.2, 0) is 35.2 Å². The quantitative estimate of drug-likeness (QED) is 0.105. The van der Waals surface area contributed by atoms with Gasteiger partial charge in [-0.15, -0.1) is 0 Å². The number of aliphatic hydroxyl groups is 1. The zero-order valence-corrected chi connectivity index (χ0v) is 18.7. The molecule has 0 aliphatic heterocycles. The number of aromatic amines is 1. The summed E-state index contributed by atoms with van der Waals surface area (Å²) in [6, 6.07) is -5.55. The van der Waals surface area contributed by atoms with E-state index in [0.29, 0.717) is 5.69 Å². The molecule has 0 spiro atoms. The number of imidazole rings is 1. The molecule has 5 amide bonds. The molecule has 1 aromatic rings. The Morgan fingerprint density at radius 1 is 0.886 bits per heavy atom. The number of nitrogens with two attached hydrogens (primary N) is 3. The zero-order chi connectivity index (χ0) is 26.5. The highest BCUT2D eigenvalue weighted by molar-refractivity contribution is 5.94. The monoisotopic (exact) mass is 498 g/mol. The molecular weight excluding hydrogens is 468 g/mol. The van der Waals surface area contributed by atoms with Crippen LogP contribution in [0, 0.1) is 0 Å².